The van der Waals surface area contributed by atoms with Crippen LogP contribution in [0.4, 0.5) is 34.1 Å². The van der Waals surface area contributed by atoms with Crippen molar-refractivity contribution in [3.8, 4) is 55.6 Å². The van der Waals surface area contributed by atoms with Gasteiger partial charge in [-0.1, -0.05) is 317 Å². The summed E-state index contributed by atoms with van der Waals surface area (Å²) in [6.45, 7) is 21.4. The second-order valence-electron chi connectivity index (χ2n) is 29.2. The van der Waals surface area contributed by atoms with Gasteiger partial charge in [0.1, 0.15) is 0 Å². The van der Waals surface area contributed by atoms with Gasteiger partial charge in [-0.15, -0.1) is 0 Å². The van der Waals surface area contributed by atoms with Crippen molar-refractivity contribution in [3.05, 3.63) is 312 Å². The summed E-state index contributed by atoms with van der Waals surface area (Å²) in [6.07, 6.45) is 16.5. The minimum Gasteiger partial charge on any atom is -0.310 e. The summed E-state index contributed by atoms with van der Waals surface area (Å²) in [4.78, 5) is 5.43. The molecule has 0 N–H and O–H groups in total. The molecule has 2 heterocycles. The second-order valence-corrected chi connectivity index (χ2v) is 29.2. The van der Waals surface area contributed by atoms with E-state index in [2.05, 4.69) is 345 Å². The maximum atomic E-state index is 2.74. The molecule has 3 heteroatoms. The minimum absolute atomic E-state index is 0.00687. The standard InChI is InChI=1S/C88H77BN2/c1-86(2,3)66-47-63-41-42-64-48-67(87(4,5)6)53-74-73(50-65(49-66)81(63)82(64)74)62-44-46-76-78(52-62)91(85-71(59-33-21-13-22-34-59)39-26-40-72(85)60-35-23-14-24-36-60)80-55-68(88(7,8)9)54-79-83(80)89(76)75-45-43-61(56-27-15-10-16-28-56)51-77(75)90(79)84-69(57-29-17-11-18-30-57)37-25-38-70(84)58-31-19-12-20-32-58/h10-47,49-55,64,81-82H,48H2,1-9H3. The van der Waals surface area contributed by atoms with Crippen molar-refractivity contribution in [3.63, 3.8) is 0 Å². The van der Waals surface area contributed by atoms with E-state index < -0.39 is 0 Å². The molecule has 3 atom stereocenters. The van der Waals surface area contributed by atoms with Crippen molar-refractivity contribution >= 4 is 62.8 Å². The van der Waals surface area contributed by atoms with Crippen LogP contribution in [0.25, 0.3) is 61.2 Å². The fraction of sp³-hybridized carbons (Fsp3) is 0.182. The first kappa shape index (κ1) is 56.5. The molecular weight excluding hydrogens is 1100 g/mol. The predicted octanol–water partition coefficient (Wildman–Crippen LogP) is 21.8. The van der Waals surface area contributed by atoms with Crippen LogP contribution in [0, 0.1) is 28.6 Å². The van der Waals surface area contributed by atoms with Gasteiger partial charge < -0.3 is 9.80 Å². The Labute approximate surface area is 539 Å². The molecule has 0 bridgehead atoms. The lowest BCUT2D eigenvalue weighted by atomic mass is 9.33. The number of allylic oxidation sites excluding steroid dienone is 12. The van der Waals surface area contributed by atoms with Gasteiger partial charge in [0.2, 0.25) is 0 Å². The molecular formula is C88H77BN2. The Morgan fingerprint density at radius 3 is 1.27 bits per heavy atom. The van der Waals surface area contributed by atoms with Crippen LogP contribution in [0.2, 0.25) is 0 Å². The van der Waals surface area contributed by atoms with Gasteiger partial charge in [-0.05, 0) is 142 Å². The molecule has 2 aliphatic heterocycles. The average Bonchev–Trinajstić information content (AvgIpc) is 0.694. The third-order valence-electron chi connectivity index (χ3n) is 20.5. The van der Waals surface area contributed by atoms with Crippen molar-refractivity contribution in [2.75, 3.05) is 9.80 Å². The predicted molar refractivity (Wildman–Crippen MR) is 389 cm³/mol. The topological polar surface area (TPSA) is 6.48 Å². The summed E-state index contributed by atoms with van der Waals surface area (Å²) < 4.78 is 0. The lowest BCUT2D eigenvalue weighted by molar-refractivity contribution is 0.329. The van der Waals surface area contributed by atoms with Gasteiger partial charge in [0.25, 0.3) is 6.71 Å². The molecule has 0 fully saturated rings. The quantitative estimate of drug-likeness (QED) is 0.140. The van der Waals surface area contributed by atoms with Gasteiger partial charge in [0, 0.05) is 56.8 Å². The number of nitrogens with zero attached hydrogens (tertiary/aromatic N) is 2. The van der Waals surface area contributed by atoms with Gasteiger partial charge in [-0.25, -0.2) is 0 Å². The highest BCUT2D eigenvalue weighted by atomic mass is 15.2. The number of benzene rings is 10. The smallest absolute Gasteiger partial charge is 0.252 e. The van der Waals surface area contributed by atoms with Gasteiger partial charge in [0.15, 0.2) is 0 Å². The van der Waals surface area contributed by atoms with Crippen LogP contribution in [0.5, 0.6) is 0 Å². The zero-order valence-electron chi connectivity index (χ0n) is 53.9. The zero-order valence-corrected chi connectivity index (χ0v) is 53.9. The number of hydrogen-bond acceptors (Lipinski definition) is 2. The molecule has 16 rings (SSSR count). The Hall–Kier alpha value is -9.70. The molecule has 0 saturated heterocycles. The lowest BCUT2D eigenvalue weighted by Gasteiger charge is -2.48. The first-order valence-corrected chi connectivity index (χ1v) is 32.9. The van der Waals surface area contributed by atoms with Crippen molar-refractivity contribution in [2.24, 2.45) is 28.6 Å². The zero-order chi connectivity index (χ0) is 62.1. The monoisotopic (exact) mass is 1170 g/mol. The molecule has 0 saturated carbocycles. The highest BCUT2D eigenvalue weighted by molar-refractivity contribution is 7.00. The number of hydrogen-bond donors (Lipinski definition) is 0. The summed E-state index contributed by atoms with van der Waals surface area (Å²) >= 11 is 0. The highest BCUT2D eigenvalue weighted by Crippen LogP contribution is 2.59. The first-order chi connectivity index (χ1) is 44.0. The number of para-hydroxylation sites is 2. The van der Waals surface area contributed by atoms with Crippen molar-refractivity contribution in [2.45, 2.75) is 74.1 Å². The molecule has 91 heavy (non-hydrogen) atoms. The van der Waals surface area contributed by atoms with Crippen LogP contribution < -0.4 is 26.2 Å². The number of anilines is 6. The molecule has 0 radical (unpaired) electrons. The van der Waals surface area contributed by atoms with Crippen molar-refractivity contribution < 1.29 is 0 Å². The highest BCUT2D eigenvalue weighted by Gasteiger charge is 2.48. The van der Waals surface area contributed by atoms with E-state index in [1.54, 1.807) is 0 Å². The van der Waals surface area contributed by atoms with E-state index in [0.29, 0.717) is 17.8 Å². The Bertz CT molecular complexity index is 4650. The Morgan fingerprint density at radius 2 is 0.824 bits per heavy atom. The number of fused-ring (bicyclic) bond motifs is 4. The van der Waals surface area contributed by atoms with E-state index in [0.717, 1.165) is 12.1 Å². The van der Waals surface area contributed by atoms with E-state index in [-0.39, 0.29) is 23.0 Å². The van der Waals surface area contributed by atoms with Gasteiger partial charge in [-0.3, -0.25) is 0 Å². The Kier molecular flexibility index (Phi) is 13.4. The summed E-state index contributed by atoms with van der Waals surface area (Å²) in [7, 11) is 0. The molecule has 442 valence electrons. The van der Waals surface area contributed by atoms with Crippen LogP contribution in [-0.2, 0) is 5.41 Å². The molecule has 0 amide bonds. The van der Waals surface area contributed by atoms with Gasteiger partial charge in [-0.2, -0.15) is 0 Å². The van der Waals surface area contributed by atoms with Gasteiger partial charge >= 0.3 is 0 Å². The summed E-state index contributed by atoms with van der Waals surface area (Å²) in [6, 6.07) is 89.5. The molecule has 2 nitrogen and oxygen atoms in total. The van der Waals surface area contributed by atoms with E-state index in [1.165, 1.54) is 145 Å². The van der Waals surface area contributed by atoms with Crippen molar-refractivity contribution in [1.82, 2.24) is 0 Å². The van der Waals surface area contributed by atoms with E-state index in [9.17, 15) is 0 Å². The third-order valence-corrected chi connectivity index (χ3v) is 20.5. The Balaban J connectivity index is 1.06. The molecule has 6 aliphatic rings. The largest absolute Gasteiger partial charge is 0.310 e. The van der Waals surface area contributed by atoms with Crippen LogP contribution in [0.15, 0.2) is 301 Å². The molecule has 3 unspecified atom stereocenters. The summed E-state index contributed by atoms with van der Waals surface area (Å²) in [5.74, 6) is 1.05. The lowest BCUT2D eigenvalue weighted by Crippen LogP contribution is -2.61. The summed E-state index contributed by atoms with van der Waals surface area (Å²) in [5.41, 5.74) is 33.7. The maximum absolute atomic E-state index is 2.74. The normalized spacial score (nSPS) is 17.9. The molecule has 10 aromatic carbocycles. The molecule has 0 aromatic heterocycles. The molecule has 0 spiro atoms. The number of rotatable bonds is 8. The van der Waals surface area contributed by atoms with Crippen LogP contribution in [0.3, 0.4) is 0 Å². The van der Waals surface area contributed by atoms with E-state index in [4.69, 9.17) is 0 Å². The second kappa shape index (κ2) is 21.5. The molecule has 10 aromatic rings. The minimum atomic E-state index is -0.262. The average molecular weight is 1170 g/mol. The van der Waals surface area contributed by atoms with Gasteiger partial charge in [0.05, 0.1) is 11.4 Å². The first-order valence-electron chi connectivity index (χ1n) is 32.9. The van der Waals surface area contributed by atoms with Crippen LogP contribution in [-0.4, -0.2) is 6.71 Å². The fourth-order valence-electron chi connectivity index (χ4n) is 15.8. The summed E-state index contributed by atoms with van der Waals surface area (Å²) in [5, 5.41) is 0. The van der Waals surface area contributed by atoms with Crippen LogP contribution in [0.1, 0.15) is 79.9 Å². The maximum Gasteiger partial charge on any atom is 0.252 e. The van der Waals surface area contributed by atoms with Crippen molar-refractivity contribution in [1.29, 1.82) is 0 Å². The molecule has 4 aliphatic carbocycles. The third kappa shape index (κ3) is 9.53. The van der Waals surface area contributed by atoms with E-state index in [1.807, 2.05) is 0 Å². The van der Waals surface area contributed by atoms with Crippen LogP contribution >= 0.6 is 0 Å². The fourth-order valence-corrected chi connectivity index (χ4v) is 15.8. The SMILES string of the molecule is CC(C)(C)C1=CC2=CC(c3ccc4c(c3)N(c3c(-c5ccccc5)cccc3-c3ccccc3)c3cc(C(C)(C)C)cc5c3B4c3ccc(-c4ccccc4)cc3N5c3c(-c4ccccc4)cccc3-c3ccccc3)=C3C=C(C(C)(C)C)CC4C=CC(=C1)C2C34. The Morgan fingerprint density at radius 1 is 0.374 bits per heavy atom. The van der Waals surface area contributed by atoms with E-state index >= 15 is 0 Å².